The van der Waals surface area contributed by atoms with Crippen molar-refractivity contribution >= 4 is 5.82 Å². The van der Waals surface area contributed by atoms with Gasteiger partial charge in [0.05, 0.1) is 0 Å². The quantitative estimate of drug-likeness (QED) is 0.855. The Morgan fingerprint density at radius 1 is 1.14 bits per heavy atom. The van der Waals surface area contributed by atoms with Gasteiger partial charge < -0.3 is 10.1 Å². The molecule has 1 aromatic heterocycles. The molecule has 0 spiro atoms. The summed E-state index contributed by atoms with van der Waals surface area (Å²) in [4.78, 5) is 8.99. The maximum atomic E-state index is 5.91. The molecule has 1 heterocycles. The molecule has 0 unspecified atom stereocenters. The predicted molar refractivity (Wildman–Crippen MR) is 86.2 cm³/mol. The number of rotatable bonds is 6. The highest BCUT2D eigenvalue weighted by atomic mass is 16.5. The van der Waals surface area contributed by atoms with E-state index in [2.05, 4.69) is 42.1 Å². The molecular formula is C17H23N3O. The van der Waals surface area contributed by atoms with Gasteiger partial charge in [0, 0.05) is 18.5 Å². The summed E-state index contributed by atoms with van der Waals surface area (Å²) in [5.41, 5.74) is 1.25. The van der Waals surface area contributed by atoms with Crippen LogP contribution in [-0.4, -0.2) is 16.5 Å². The van der Waals surface area contributed by atoms with E-state index in [1.54, 1.807) is 0 Å². The molecule has 0 aliphatic rings. The highest BCUT2D eigenvalue weighted by molar-refractivity contribution is 5.40. The fourth-order valence-electron chi connectivity index (χ4n) is 1.97. The summed E-state index contributed by atoms with van der Waals surface area (Å²) in [6.45, 7) is 9.14. The van der Waals surface area contributed by atoms with Crippen LogP contribution >= 0.6 is 0 Å². The van der Waals surface area contributed by atoms with Crippen molar-refractivity contribution in [1.82, 2.24) is 9.97 Å². The Hall–Kier alpha value is -2.10. The Morgan fingerprint density at radius 3 is 2.62 bits per heavy atom. The summed E-state index contributed by atoms with van der Waals surface area (Å²) in [5.74, 6) is 3.24. The molecule has 2 rings (SSSR count). The topological polar surface area (TPSA) is 47.0 Å². The largest absolute Gasteiger partial charge is 0.439 e. The average molecular weight is 285 g/mol. The highest BCUT2D eigenvalue weighted by Crippen LogP contribution is 2.24. The summed E-state index contributed by atoms with van der Waals surface area (Å²) >= 11 is 0. The molecule has 0 atom stereocenters. The van der Waals surface area contributed by atoms with Crippen molar-refractivity contribution in [3.63, 3.8) is 0 Å². The van der Waals surface area contributed by atoms with Crippen LogP contribution in [0.15, 0.2) is 30.3 Å². The molecule has 112 valence electrons. The molecule has 4 heteroatoms. The minimum absolute atomic E-state index is 0.257. The van der Waals surface area contributed by atoms with E-state index in [1.807, 2.05) is 31.2 Å². The molecule has 0 aliphatic heterocycles. The second-order valence-electron chi connectivity index (χ2n) is 5.24. The molecule has 0 aliphatic carbocycles. The van der Waals surface area contributed by atoms with E-state index in [9.17, 15) is 0 Å². The maximum absolute atomic E-state index is 5.91. The Kier molecular flexibility index (Phi) is 5.14. The molecule has 0 saturated heterocycles. The third-order valence-electron chi connectivity index (χ3n) is 3.12. The van der Waals surface area contributed by atoms with Gasteiger partial charge in [-0.3, -0.25) is 0 Å². The first kappa shape index (κ1) is 15.3. The van der Waals surface area contributed by atoms with Crippen molar-refractivity contribution in [3.05, 3.63) is 41.7 Å². The van der Waals surface area contributed by atoms with Crippen molar-refractivity contribution in [1.29, 1.82) is 0 Å². The smallest absolute Gasteiger partial charge is 0.224 e. The van der Waals surface area contributed by atoms with Gasteiger partial charge in [-0.1, -0.05) is 32.9 Å². The number of nitrogens with zero attached hydrogens (tertiary/aromatic N) is 2. The Balaban J connectivity index is 2.29. The fraction of sp³-hybridized carbons (Fsp3) is 0.412. The summed E-state index contributed by atoms with van der Waals surface area (Å²) in [6, 6.07) is 9.93. The van der Waals surface area contributed by atoms with E-state index in [0.717, 1.165) is 30.4 Å². The van der Waals surface area contributed by atoms with Crippen molar-refractivity contribution in [2.45, 2.75) is 40.0 Å². The molecule has 0 radical (unpaired) electrons. The molecule has 1 N–H and O–H groups in total. The van der Waals surface area contributed by atoms with Crippen LogP contribution in [0.5, 0.6) is 11.6 Å². The van der Waals surface area contributed by atoms with Gasteiger partial charge in [0.15, 0.2) is 0 Å². The first-order chi connectivity index (χ1) is 10.1. The monoisotopic (exact) mass is 285 g/mol. The van der Waals surface area contributed by atoms with Crippen LogP contribution in [-0.2, 0) is 6.42 Å². The van der Waals surface area contributed by atoms with Gasteiger partial charge in [0.25, 0.3) is 0 Å². The first-order valence-electron chi connectivity index (χ1n) is 7.52. The second kappa shape index (κ2) is 7.07. The van der Waals surface area contributed by atoms with Crippen LogP contribution in [0.3, 0.4) is 0 Å². The van der Waals surface area contributed by atoms with Crippen LogP contribution in [0.4, 0.5) is 5.82 Å². The van der Waals surface area contributed by atoms with Gasteiger partial charge in [0.1, 0.15) is 17.4 Å². The number of anilines is 1. The van der Waals surface area contributed by atoms with Crippen molar-refractivity contribution in [2.75, 3.05) is 11.9 Å². The van der Waals surface area contributed by atoms with Gasteiger partial charge >= 0.3 is 0 Å². The van der Waals surface area contributed by atoms with Crippen LogP contribution in [0.2, 0.25) is 0 Å². The number of aryl methyl sites for hydroxylation is 1. The van der Waals surface area contributed by atoms with Crippen LogP contribution < -0.4 is 10.1 Å². The third-order valence-corrected chi connectivity index (χ3v) is 3.12. The maximum Gasteiger partial charge on any atom is 0.224 e. The standard InChI is InChI=1S/C17H23N3O/c1-5-13-8-7-9-14(10-13)21-16-11-15(18-6-2)19-17(20-16)12(3)4/h7-12H,5-6H2,1-4H3,(H,18,19,20). The van der Waals surface area contributed by atoms with E-state index >= 15 is 0 Å². The molecule has 21 heavy (non-hydrogen) atoms. The van der Waals surface area contributed by atoms with Crippen LogP contribution in [0, 0.1) is 0 Å². The van der Waals surface area contributed by atoms with E-state index in [-0.39, 0.29) is 5.92 Å². The first-order valence-corrected chi connectivity index (χ1v) is 7.52. The number of hydrogen-bond donors (Lipinski definition) is 1. The average Bonchev–Trinajstić information content (AvgIpc) is 2.47. The SMILES string of the molecule is CCNc1cc(Oc2cccc(CC)c2)nc(C(C)C)n1. The van der Waals surface area contributed by atoms with E-state index < -0.39 is 0 Å². The van der Waals surface area contributed by atoms with Gasteiger partial charge in [0.2, 0.25) is 5.88 Å². The van der Waals surface area contributed by atoms with Crippen LogP contribution in [0.25, 0.3) is 0 Å². The third kappa shape index (κ3) is 4.18. The van der Waals surface area contributed by atoms with Gasteiger partial charge in [-0.05, 0) is 31.0 Å². The summed E-state index contributed by atoms with van der Waals surface area (Å²) in [7, 11) is 0. The Morgan fingerprint density at radius 2 is 1.95 bits per heavy atom. The van der Waals surface area contributed by atoms with Crippen LogP contribution in [0.1, 0.15) is 45.0 Å². The molecule has 0 saturated carbocycles. The van der Waals surface area contributed by atoms with E-state index in [0.29, 0.717) is 5.88 Å². The molecule has 0 bridgehead atoms. The summed E-state index contributed by atoms with van der Waals surface area (Å²) < 4.78 is 5.91. The molecule has 0 amide bonds. The number of benzene rings is 1. The van der Waals surface area contributed by atoms with Crippen molar-refractivity contribution in [3.8, 4) is 11.6 Å². The lowest BCUT2D eigenvalue weighted by molar-refractivity contribution is 0.457. The Bertz CT molecular complexity index is 596. The van der Waals surface area contributed by atoms with Gasteiger partial charge in [-0.15, -0.1) is 0 Å². The minimum atomic E-state index is 0.257. The normalized spacial score (nSPS) is 10.7. The fourth-order valence-corrected chi connectivity index (χ4v) is 1.97. The molecular weight excluding hydrogens is 262 g/mol. The highest BCUT2D eigenvalue weighted by Gasteiger charge is 2.09. The summed E-state index contributed by atoms with van der Waals surface area (Å²) in [6.07, 6.45) is 0.987. The minimum Gasteiger partial charge on any atom is -0.439 e. The number of ether oxygens (including phenoxy) is 1. The molecule has 2 aromatic rings. The zero-order valence-corrected chi connectivity index (χ0v) is 13.2. The lowest BCUT2D eigenvalue weighted by Crippen LogP contribution is -2.05. The Labute approximate surface area is 126 Å². The number of nitrogens with one attached hydrogen (secondary N) is 1. The van der Waals surface area contributed by atoms with E-state index in [1.165, 1.54) is 5.56 Å². The lowest BCUT2D eigenvalue weighted by atomic mass is 10.2. The second-order valence-corrected chi connectivity index (χ2v) is 5.24. The molecule has 0 fully saturated rings. The van der Waals surface area contributed by atoms with E-state index in [4.69, 9.17) is 4.74 Å². The van der Waals surface area contributed by atoms with Gasteiger partial charge in [-0.2, -0.15) is 4.98 Å². The summed E-state index contributed by atoms with van der Waals surface area (Å²) in [5, 5.41) is 3.22. The van der Waals surface area contributed by atoms with Crippen molar-refractivity contribution in [2.24, 2.45) is 0 Å². The molecule has 1 aromatic carbocycles. The zero-order chi connectivity index (χ0) is 15.2. The predicted octanol–water partition coefficient (Wildman–Crippen LogP) is 4.39. The number of hydrogen-bond acceptors (Lipinski definition) is 4. The lowest BCUT2D eigenvalue weighted by Gasteiger charge is -2.12. The van der Waals surface area contributed by atoms with Crippen molar-refractivity contribution < 1.29 is 4.74 Å². The molecule has 4 nitrogen and oxygen atoms in total. The van der Waals surface area contributed by atoms with Gasteiger partial charge in [-0.25, -0.2) is 4.98 Å². The number of aromatic nitrogens is 2. The zero-order valence-electron chi connectivity index (χ0n) is 13.2.